The zero-order valence-corrected chi connectivity index (χ0v) is 13.8. The Kier molecular flexibility index (Phi) is 3.45. The van der Waals surface area contributed by atoms with Gasteiger partial charge in [-0.3, -0.25) is 14.7 Å². The molecule has 2 heterocycles. The van der Waals surface area contributed by atoms with Gasteiger partial charge in [-0.2, -0.15) is 0 Å². The number of para-hydroxylation sites is 1. The summed E-state index contributed by atoms with van der Waals surface area (Å²) in [7, 11) is 2.01. The quantitative estimate of drug-likeness (QED) is 0.712. The molecule has 0 saturated carbocycles. The van der Waals surface area contributed by atoms with E-state index in [1.165, 1.54) is 0 Å². The third-order valence-electron chi connectivity index (χ3n) is 4.60. The van der Waals surface area contributed by atoms with Gasteiger partial charge in [0.05, 0.1) is 12.1 Å². The van der Waals surface area contributed by atoms with Crippen LogP contribution in [0.2, 0.25) is 0 Å². The molecule has 1 aliphatic rings. The lowest BCUT2D eigenvalue weighted by molar-refractivity contribution is -0.119. The summed E-state index contributed by atoms with van der Waals surface area (Å²) in [6, 6.07) is 17.9. The molecule has 0 radical (unpaired) electrons. The van der Waals surface area contributed by atoms with Crippen LogP contribution < -0.4 is 4.90 Å². The highest BCUT2D eigenvalue weighted by molar-refractivity contribution is 6.12. The van der Waals surface area contributed by atoms with Crippen molar-refractivity contribution < 1.29 is 4.79 Å². The number of amides is 1. The molecule has 0 fully saturated rings. The summed E-state index contributed by atoms with van der Waals surface area (Å²) in [5, 5.41) is 1.12. The monoisotopic (exact) mass is 317 g/mol. The maximum absolute atomic E-state index is 12.9. The van der Waals surface area contributed by atoms with Gasteiger partial charge in [0, 0.05) is 24.2 Å². The van der Waals surface area contributed by atoms with Crippen molar-refractivity contribution in [3.63, 3.8) is 0 Å². The van der Waals surface area contributed by atoms with Crippen LogP contribution >= 0.6 is 0 Å². The summed E-state index contributed by atoms with van der Waals surface area (Å²) < 4.78 is 2.09. The molecule has 1 unspecified atom stereocenters. The number of carbonyl (C=O) groups is 1. The highest BCUT2D eigenvalue weighted by Gasteiger charge is 2.29. The maximum atomic E-state index is 12.9. The van der Waals surface area contributed by atoms with Crippen LogP contribution in [0, 0.1) is 0 Å². The molecule has 1 amide bonds. The van der Waals surface area contributed by atoms with Crippen molar-refractivity contribution in [1.29, 1.82) is 0 Å². The molecule has 120 valence electrons. The smallest absolute Gasteiger partial charge is 0.252 e. The van der Waals surface area contributed by atoms with Gasteiger partial charge in [0.25, 0.3) is 5.91 Å². The first kappa shape index (κ1) is 14.7. The van der Waals surface area contributed by atoms with E-state index in [1.54, 1.807) is 0 Å². The van der Waals surface area contributed by atoms with Crippen LogP contribution in [0.4, 0.5) is 5.82 Å². The van der Waals surface area contributed by atoms with Crippen LogP contribution in [0.15, 0.2) is 59.6 Å². The second-order valence-corrected chi connectivity index (χ2v) is 6.18. The second kappa shape index (κ2) is 5.64. The second-order valence-electron chi connectivity index (χ2n) is 6.18. The Morgan fingerprint density at radius 3 is 2.54 bits per heavy atom. The summed E-state index contributed by atoms with van der Waals surface area (Å²) >= 11 is 0. The van der Waals surface area contributed by atoms with Gasteiger partial charge in [0.2, 0.25) is 0 Å². The predicted octanol–water partition coefficient (Wildman–Crippen LogP) is 3.53. The van der Waals surface area contributed by atoms with Gasteiger partial charge in [-0.25, -0.2) is 0 Å². The Morgan fingerprint density at radius 2 is 1.75 bits per heavy atom. The van der Waals surface area contributed by atoms with Gasteiger partial charge >= 0.3 is 0 Å². The molecule has 4 heteroatoms. The Bertz CT molecular complexity index is 940. The molecular weight excluding hydrogens is 298 g/mol. The first-order chi connectivity index (χ1) is 11.7. The van der Waals surface area contributed by atoms with E-state index in [0.717, 1.165) is 27.8 Å². The molecule has 1 aromatic heterocycles. The lowest BCUT2D eigenvalue weighted by atomic mass is 10.1. The standard InChI is InChI=1S/C20H19N3O/c1-14-20(24)23(13-15-8-4-3-5-9-15)19-17(12-21-14)16-10-6-7-11-18(16)22(19)2/h3-12,14H,13H2,1-2H3. The lowest BCUT2D eigenvalue weighted by Gasteiger charge is -2.24. The van der Waals surface area contributed by atoms with Gasteiger partial charge < -0.3 is 4.57 Å². The number of hydrogen-bond acceptors (Lipinski definition) is 2. The molecule has 4 nitrogen and oxygen atoms in total. The van der Waals surface area contributed by atoms with Crippen molar-refractivity contribution in [3.8, 4) is 0 Å². The first-order valence-corrected chi connectivity index (χ1v) is 8.12. The van der Waals surface area contributed by atoms with Crippen molar-refractivity contribution in [2.24, 2.45) is 12.0 Å². The van der Waals surface area contributed by atoms with Crippen LogP contribution in [-0.4, -0.2) is 22.7 Å². The van der Waals surface area contributed by atoms with Crippen molar-refractivity contribution in [3.05, 3.63) is 65.7 Å². The topological polar surface area (TPSA) is 37.6 Å². The van der Waals surface area contributed by atoms with E-state index >= 15 is 0 Å². The Hall–Kier alpha value is -2.88. The largest absolute Gasteiger partial charge is 0.330 e. The number of anilines is 1. The minimum absolute atomic E-state index is 0.0276. The minimum Gasteiger partial charge on any atom is -0.330 e. The van der Waals surface area contributed by atoms with Gasteiger partial charge in [-0.05, 0) is 18.6 Å². The number of benzene rings is 2. The van der Waals surface area contributed by atoms with E-state index in [2.05, 4.69) is 21.7 Å². The van der Waals surface area contributed by atoms with Crippen LogP contribution in [0.3, 0.4) is 0 Å². The fourth-order valence-corrected chi connectivity index (χ4v) is 3.36. The molecule has 4 rings (SSSR count). The normalized spacial score (nSPS) is 17.2. The first-order valence-electron chi connectivity index (χ1n) is 8.12. The summed E-state index contributed by atoms with van der Waals surface area (Å²) in [5.41, 5.74) is 3.23. The van der Waals surface area contributed by atoms with Gasteiger partial charge in [0.15, 0.2) is 0 Å². The van der Waals surface area contributed by atoms with Crippen molar-refractivity contribution in [2.75, 3.05) is 4.90 Å². The Morgan fingerprint density at radius 1 is 1.04 bits per heavy atom. The summed E-state index contributed by atoms with van der Waals surface area (Å²) in [6.07, 6.45) is 1.85. The van der Waals surface area contributed by atoms with Crippen LogP contribution in [0.25, 0.3) is 10.9 Å². The number of nitrogens with zero attached hydrogens (tertiary/aromatic N) is 3. The number of hydrogen-bond donors (Lipinski definition) is 0. The summed E-state index contributed by atoms with van der Waals surface area (Å²) in [6.45, 7) is 2.40. The number of aliphatic imine (C=N–C) groups is 1. The van der Waals surface area contributed by atoms with E-state index in [4.69, 9.17) is 0 Å². The zero-order valence-electron chi connectivity index (χ0n) is 13.8. The Balaban J connectivity index is 1.92. The molecule has 0 bridgehead atoms. The van der Waals surface area contributed by atoms with E-state index in [1.807, 2.05) is 67.6 Å². The number of carbonyl (C=O) groups excluding carboxylic acids is 1. The summed E-state index contributed by atoms with van der Waals surface area (Å²) in [5.74, 6) is 0.943. The average molecular weight is 317 g/mol. The fourth-order valence-electron chi connectivity index (χ4n) is 3.36. The van der Waals surface area contributed by atoms with Crippen LogP contribution in [-0.2, 0) is 18.4 Å². The molecule has 1 atom stereocenters. The number of fused-ring (bicyclic) bond motifs is 3. The molecule has 3 aromatic rings. The molecule has 0 saturated heterocycles. The van der Waals surface area contributed by atoms with Crippen molar-refractivity contribution >= 4 is 28.8 Å². The predicted molar refractivity (Wildman–Crippen MR) is 97.6 cm³/mol. The highest BCUT2D eigenvalue weighted by Crippen LogP contribution is 2.33. The van der Waals surface area contributed by atoms with Gasteiger partial charge in [-0.15, -0.1) is 0 Å². The molecular formula is C20H19N3O. The molecule has 1 aliphatic heterocycles. The van der Waals surface area contributed by atoms with Crippen LogP contribution in [0.5, 0.6) is 0 Å². The Labute approximate surface area is 141 Å². The lowest BCUT2D eigenvalue weighted by Crippen LogP contribution is -2.37. The molecule has 0 N–H and O–H groups in total. The van der Waals surface area contributed by atoms with E-state index in [9.17, 15) is 4.79 Å². The van der Waals surface area contributed by atoms with Crippen molar-refractivity contribution in [2.45, 2.75) is 19.5 Å². The van der Waals surface area contributed by atoms with Gasteiger partial charge in [0.1, 0.15) is 11.9 Å². The summed E-state index contributed by atoms with van der Waals surface area (Å²) in [4.78, 5) is 19.3. The third-order valence-corrected chi connectivity index (χ3v) is 4.60. The van der Waals surface area contributed by atoms with E-state index < -0.39 is 0 Å². The SMILES string of the molecule is CC1N=Cc2c(n(C)c3ccccc23)N(Cc2ccccc2)C1=O. The van der Waals surface area contributed by atoms with Crippen molar-refractivity contribution in [1.82, 2.24) is 4.57 Å². The van der Waals surface area contributed by atoms with E-state index in [0.29, 0.717) is 6.54 Å². The molecule has 24 heavy (non-hydrogen) atoms. The average Bonchev–Trinajstić information content (AvgIpc) is 2.83. The third kappa shape index (κ3) is 2.22. The fraction of sp³-hybridized carbons (Fsp3) is 0.200. The number of rotatable bonds is 2. The van der Waals surface area contributed by atoms with Gasteiger partial charge in [-0.1, -0.05) is 48.5 Å². The number of aryl methyl sites for hydroxylation is 1. The highest BCUT2D eigenvalue weighted by atomic mass is 16.2. The maximum Gasteiger partial charge on any atom is 0.252 e. The minimum atomic E-state index is -0.375. The zero-order chi connectivity index (χ0) is 16.7. The molecule has 2 aromatic carbocycles. The molecule has 0 spiro atoms. The molecule has 0 aliphatic carbocycles. The number of aromatic nitrogens is 1. The van der Waals surface area contributed by atoms with E-state index in [-0.39, 0.29) is 11.9 Å². The van der Waals surface area contributed by atoms with Crippen LogP contribution in [0.1, 0.15) is 18.1 Å².